The van der Waals surface area contributed by atoms with Crippen molar-refractivity contribution in [2.45, 2.75) is 18.4 Å². The molecular formula is C10H18Cl3N3. The van der Waals surface area contributed by atoms with Crippen LogP contribution in [0.15, 0.2) is 24.5 Å². The van der Waals surface area contributed by atoms with E-state index >= 15 is 0 Å². The number of rotatable bonds is 1. The van der Waals surface area contributed by atoms with Crippen molar-refractivity contribution in [1.82, 2.24) is 10.3 Å². The number of piperidine rings is 1. The zero-order valence-corrected chi connectivity index (χ0v) is 11.3. The van der Waals surface area contributed by atoms with Crippen LogP contribution in [0.3, 0.4) is 0 Å². The zero-order chi connectivity index (χ0) is 9.15. The van der Waals surface area contributed by atoms with Crippen molar-refractivity contribution >= 4 is 37.2 Å². The maximum absolute atomic E-state index is 6.30. The number of pyridine rings is 1. The minimum absolute atomic E-state index is 0. The molecule has 0 bridgehead atoms. The second kappa shape index (κ2) is 8.09. The first-order valence-electron chi connectivity index (χ1n) is 4.71. The molecule has 3 N–H and O–H groups in total. The van der Waals surface area contributed by atoms with Gasteiger partial charge in [-0.25, -0.2) is 0 Å². The molecule has 0 radical (unpaired) electrons. The van der Waals surface area contributed by atoms with E-state index in [-0.39, 0.29) is 42.8 Å². The number of hydrogen-bond donors (Lipinski definition) is 2. The molecule has 0 aromatic carbocycles. The molecule has 1 aromatic heterocycles. The highest BCUT2D eigenvalue weighted by atomic mass is 35.5. The van der Waals surface area contributed by atoms with Crippen molar-refractivity contribution in [2.75, 3.05) is 13.1 Å². The van der Waals surface area contributed by atoms with Crippen LogP contribution in [-0.4, -0.2) is 18.1 Å². The molecule has 0 unspecified atom stereocenters. The van der Waals surface area contributed by atoms with Crippen LogP contribution in [-0.2, 0) is 5.54 Å². The minimum atomic E-state index is -0.153. The normalized spacial score (nSPS) is 17.3. The Morgan fingerprint density at radius 2 is 1.81 bits per heavy atom. The molecule has 94 valence electrons. The molecule has 1 aliphatic rings. The molecule has 3 nitrogen and oxygen atoms in total. The summed E-state index contributed by atoms with van der Waals surface area (Å²) in [7, 11) is 0. The van der Waals surface area contributed by atoms with Gasteiger partial charge in [-0.15, -0.1) is 37.2 Å². The number of hydrogen-bond acceptors (Lipinski definition) is 3. The van der Waals surface area contributed by atoms with Crippen LogP contribution in [0, 0.1) is 0 Å². The summed E-state index contributed by atoms with van der Waals surface area (Å²) in [6.45, 7) is 2.01. The number of nitrogens with one attached hydrogen (secondary N) is 1. The van der Waals surface area contributed by atoms with E-state index in [1.165, 1.54) is 0 Å². The first-order chi connectivity index (χ1) is 6.31. The lowest BCUT2D eigenvalue weighted by Gasteiger charge is -2.33. The Hall–Kier alpha value is -0.0600. The van der Waals surface area contributed by atoms with Crippen molar-refractivity contribution in [3.63, 3.8) is 0 Å². The largest absolute Gasteiger partial charge is 0.321 e. The van der Waals surface area contributed by atoms with E-state index < -0.39 is 0 Å². The summed E-state index contributed by atoms with van der Waals surface area (Å²) in [5.41, 5.74) is 7.31. The fourth-order valence-electron chi connectivity index (χ4n) is 1.82. The second-order valence-corrected chi connectivity index (χ2v) is 3.65. The number of aromatic nitrogens is 1. The van der Waals surface area contributed by atoms with Crippen molar-refractivity contribution < 1.29 is 0 Å². The maximum Gasteiger partial charge on any atom is 0.0449 e. The van der Waals surface area contributed by atoms with E-state index in [9.17, 15) is 0 Å². The van der Waals surface area contributed by atoms with Crippen molar-refractivity contribution in [3.8, 4) is 0 Å². The first kappa shape index (κ1) is 18.3. The average Bonchev–Trinajstić information content (AvgIpc) is 2.20. The van der Waals surface area contributed by atoms with Crippen LogP contribution in [0.1, 0.15) is 18.4 Å². The van der Waals surface area contributed by atoms with Crippen molar-refractivity contribution in [2.24, 2.45) is 5.73 Å². The predicted octanol–water partition coefficient (Wildman–Crippen LogP) is 1.88. The molecular weight excluding hydrogens is 268 g/mol. The molecule has 0 saturated carbocycles. The molecule has 0 spiro atoms. The summed E-state index contributed by atoms with van der Waals surface area (Å²) in [6, 6.07) is 4.02. The third-order valence-corrected chi connectivity index (χ3v) is 2.73. The molecule has 1 fully saturated rings. The van der Waals surface area contributed by atoms with Gasteiger partial charge >= 0.3 is 0 Å². The Labute approximate surface area is 115 Å². The van der Waals surface area contributed by atoms with Gasteiger partial charge in [-0.2, -0.15) is 0 Å². The first-order valence-corrected chi connectivity index (χ1v) is 4.71. The van der Waals surface area contributed by atoms with Crippen LogP contribution < -0.4 is 11.1 Å². The van der Waals surface area contributed by atoms with Gasteiger partial charge in [-0.3, -0.25) is 4.98 Å². The van der Waals surface area contributed by atoms with Gasteiger partial charge in [-0.05, 0) is 37.6 Å². The Morgan fingerprint density at radius 1 is 1.19 bits per heavy atom. The number of nitrogens with zero attached hydrogens (tertiary/aromatic N) is 1. The van der Waals surface area contributed by atoms with Crippen molar-refractivity contribution in [1.29, 1.82) is 0 Å². The van der Waals surface area contributed by atoms with Crippen LogP contribution in [0.5, 0.6) is 0 Å². The standard InChI is InChI=1S/C10H15N3.3ClH/c11-10(3-6-12-7-4-10)9-2-1-5-13-8-9;;;/h1-2,5,8,12H,3-4,6-7,11H2;3*1H. The summed E-state index contributed by atoms with van der Waals surface area (Å²) < 4.78 is 0. The molecule has 2 heterocycles. The van der Waals surface area contributed by atoms with Crippen LogP contribution in [0.2, 0.25) is 0 Å². The maximum atomic E-state index is 6.30. The SMILES string of the molecule is Cl.Cl.Cl.NC1(c2cccnc2)CCNCC1. The molecule has 1 saturated heterocycles. The lowest BCUT2D eigenvalue weighted by Crippen LogP contribution is -2.46. The van der Waals surface area contributed by atoms with E-state index in [1.54, 1.807) is 6.20 Å². The number of nitrogens with two attached hydrogens (primary N) is 1. The lowest BCUT2D eigenvalue weighted by molar-refractivity contribution is 0.317. The fraction of sp³-hybridized carbons (Fsp3) is 0.500. The summed E-state index contributed by atoms with van der Waals surface area (Å²) in [5.74, 6) is 0. The molecule has 1 aliphatic heterocycles. The molecule has 16 heavy (non-hydrogen) atoms. The van der Waals surface area contributed by atoms with E-state index in [0.29, 0.717) is 0 Å². The van der Waals surface area contributed by atoms with E-state index in [0.717, 1.165) is 31.5 Å². The average molecular weight is 287 g/mol. The second-order valence-electron chi connectivity index (χ2n) is 3.65. The Bertz CT molecular complexity index is 276. The third kappa shape index (κ3) is 4.07. The number of halogens is 3. The molecule has 0 atom stereocenters. The van der Waals surface area contributed by atoms with Gasteiger partial charge in [0, 0.05) is 17.9 Å². The zero-order valence-electron chi connectivity index (χ0n) is 8.89. The Morgan fingerprint density at radius 3 is 2.31 bits per heavy atom. The highest BCUT2D eigenvalue weighted by Gasteiger charge is 2.28. The Kier molecular flexibility index (Phi) is 9.26. The molecule has 0 amide bonds. The van der Waals surface area contributed by atoms with Gasteiger partial charge in [0.1, 0.15) is 0 Å². The topological polar surface area (TPSA) is 50.9 Å². The fourth-order valence-corrected chi connectivity index (χ4v) is 1.82. The van der Waals surface area contributed by atoms with Gasteiger partial charge in [0.25, 0.3) is 0 Å². The van der Waals surface area contributed by atoms with E-state index in [1.807, 2.05) is 12.3 Å². The smallest absolute Gasteiger partial charge is 0.0449 e. The van der Waals surface area contributed by atoms with Gasteiger partial charge in [-0.1, -0.05) is 6.07 Å². The van der Waals surface area contributed by atoms with Crippen LogP contribution in [0.25, 0.3) is 0 Å². The quantitative estimate of drug-likeness (QED) is 0.829. The predicted molar refractivity (Wildman–Crippen MR) is 74.0 cm³/mol. The molecule has 0 aliphatic carbocycles. The molecule has 2 rings (SSSR count). The highest BCUT2D eigenvalue weighted by Crippen LogP contribution is 2.26. The highest BCUT2D eigenvalue weighted by molar-refractivity contribution is 5.86. The summed E-state index contributed by atoms with van der Waals surface area (Å²) in [5, 5.41) is 3.31. The van der Waals surface area contributed by atoms with Crippen LogP contribution >= 0.6 is 37.2 Å². The van der Waals surface area contributed by atoms with Gasteiger partial charge in [0.05, 0.1) is 0 Å². The van der Waals surface area contributed by atoms with Gasteiger partial charge < -0.3 is 11.1 Å². The molecule has 6 heteroatoms. The third-order valence-electron chi connectivity index (χ3n) is 2.73. The monoisotopic (exact) mass is 285 g/mol. The van der Waals surface area contributed by atoms with Crippen LogP contribution in [0.4, 0.5) is 0 Å². The van der Waals surface area contributed by atoms with Crippen molar-refractivity contribution in [3.05, 3.63) is 30.1 Å². The Balaban J connectivity index is 0. The summed E-state index contributed by atoms with van der Waals surface area (Å²) >= 11 is 0. The van der Waals surface area contributed by atoms with Gasteiger partial charge in [0.15, 0.2) is 0 Å². The van der Waals surface area contributed by atoms with E-state index in [4.69, 9.17) is 5.73 Å². The van der Waals surface area contributed by atoms with Gasteiger partial charge in [0.2, 0.25) is 0 Å². The van der Waals surface area contributed by atoms with E-state index in [2.05, 4.69) is 16.4 Å². The molecule has 1 aromatic rings. The summed E-state index contributed by atoms with van der Waals surface area (Å²) in [4.78, 5) is 4.10. The summed E-state index contributed by atoms with van der Waals surface area (Å²) in [6.07, 6.45) is 5.66. The minimum Gasteiger partial charge on any atom is -0.321 e. The lowest BCUT2D eigenvalue weighted by atomic mass is 9.83.